The van der Waals surface area contributed by atoms with Crippen molar-refractivity contribution < 1.29 is 24.2 Å². The molecule has 0 saturated heterocycles. The summed E-state index contributed by atoms with van der Waals surface area (Å²) in [6.07, 6.45) is 0.186. The van der Waals surface area contributed by atoms with Gasteiger partial charge in [-0.05, 0) is 58.9 Å². The zero-order valence-corrected chi connectivity index (χ0v) is 17.8. The molecule has 32 heavy (non-hydrogen) atoms. The Labute approximate surface area is 186 Å². The monoisotopic (exact) mass is 431 g/mol. The molecule has 1 aliphatic rings. The maximum atomic E-state index is 12.4. The van der Waals surface area contributed by atoms with Gasteiger partial charge in [0.2, 0.25) is 0 Å². The highest BCUT2D eigenvalue weighted by molar-refractivity contribution is 5.80. The number of benzene rings is 3. The lowest BCUT2D eigenvalue weighted by molar-refractivity contribution is -0.139. The Hall–Kier alpha value is -3.80. The normalized spacial score (nSPS) is 12.4. The number of nitrogens with one attached hydrogen (secondary N) is 1. The van der Waals surface area contributed by atoms with E-state index < -0.39 is 18.1 Å². The van der Waals surface area contributed by atoms with Crippen LogP contribution in [0.15, 0.2) is 66.7 Å². The maximum absolute atomic E-state index is 12.4. The third-order valence-corrected chi connectivity index (χ3v) is 5.57. The average molecular weight is 431 g/mol. The number of hydrogen-bond donors (Lipinski definition) is 2. The molecule has 3 aromatic carbocycles. The number of carbonyl (C=O) groups is 2. The van der Waals surface area contributed by atoms with Crippen molar-refractivity contribution in [3.05, 3.63) is 89.0 Å². The van der Waals surface area contributed by atoms with E-state index in [0.29, 0.717) is 12.4 Å². The molecule has 6 nitrogen and oxygen atoms in total. The first kappa shape index (κ1) is 21.4. The topological polar surface area (TPSA) is 84.9 Å². The SMILES string of the molecule is CCOc1ccc(CC(NC(=O)OCc2cccc3c2Cc2ccccc2-3)C(=O)O)cc1. The van der Waals surface area contributed by atoms with Crippen molar-refractivity contribution in [2.75, 3.05) is 6.61 Å². The largest absolute Gasteiger partial charge is 0.494 e. The van der Waals surface area contributed by atoms with Crippen LogP contribution in [-0.2, 0) is 29.0 Å². The Morgan fingerprint density at radius 3 is 2.50 bits per heavy atom. The van der Waals surface area contributed by atoms with E-state index in [1.807, 2.05) is 31.2 Å². The highest BCUT2D eigenvalue weighted by Gasteiger charge is 2.23. The van der Waals surface area contributed by atoms with Gasteiger partial charge in [0.15, 0.2) is 0 Å². The number of amides is 1. The molecule has 0 radical (unpaired) electrons. The first-order valence-corrected chi connectivity index (χ1v) is 10.6. The molecule has 0 saturated carbocycles. The predicted molar refractivity (Wildman–Crippen MR) is 121 cm³/mol. The van der Waals surface area contributed by atoms with E-state index in [9.17, 15) is 14.7 Å². The Kier molecular flexibility index (Phi) is 6.40. The van der Waals surface area contributed by atoms with E-state index in [1.165, 1.54) is 11.1 Å². The van der Waals surface area contributed by atoms with Gasteiger partial charge in [-0.2, -0.15) is 0 Å². The molecule has 0 aromatic heterocycles. The molecule has 3 aromatic rings. The van der Waals surface area contributed by atoms with E-state index in [0.717, 1.165) is 28.7 Å². The van der Waals surface area contributed by atoms with E-state index in [-0.39, 0.29) is 13.0 Å². The van der Waals surface area contributed by atoms with Gasteiger partial charge in [0.25, 0.3) is 0 Å². The summed E-state index contributed by atoms with van der Waals surface area (Å²) in [6.45, 7) is 2.53. The summed E-state index contributed by atoms with van der Waals surface area (Å²) in [5, 5.41) is 12.0. The van der Waals surface area contributed by atoms with Crippen molar-refractivity contribution in [2.45, 2.75) is 32.4 Å². The van der Waals surface area contributed by atoms with E-state index in [2.05, 4.69) is 23.5 Å². The molecule has 164 valence electrons. The first-order valence-electron chi connectivity index (χ1n) is 10.6. The summed E-state index contributed by atoms with van der Waals surface area (Å²) in [5.41, 5.74) is 6.45. The number of rotatable bonds is 8. The van der Waals surface area contributed by atoms with Crippen molar-refractivity contribution in [3.8, 4) is 16.9 Å². The van der Waals surface area contributed by atoms with Gasteiger partial charge in [-0.25, -0.2) is 9.59 Å². The molecule has 0 aliphatic heterocycles. The summed E-state index contributed by atoms with van der Waals surface area (Å²) < 4.78 is 10.8. The molecular formula is C26H25NO5. The van der Waals surface area contributed by atoms with Crippen molar-refractivity contribution in [2.24, 2.45) is 0 Å². The molecule has 1 aliphatic carbocycles. The second kappa shape index (κ2) is 9.56. The number of carboxylic acid groups (broad SMARTS) is 1. The average Bonchev–Trinajstić information content (AvgIpc) is 3.18. The number of hydrogen-bond acceptors (Lipinski definition) is 4. The van der Waals surface area contributed by atoms with Gasteiger partial charge in [0.1, 0.15) is 18.4 Å². The van der Waals surface area contributed by atoms with Gasteiger partial charge in [-0.1, -0.05) is 54.6 Å². The van der Waals surface area contributed by atoms with Gasteiger partial charge < -0.3 is 19.9 Å². The van der Waals surface area contributed by atoms with Crippen LogP contribution in [0.25, 0.3) is 11.1 Å². The molecule has 1 unspecified atom stereocenters. The minimum Gasteiger partial charge on any atom is -0.494 e. The number of fused-ring (bicyclic) bond motifs is 3. The van der Waals surface area contributed by atoms with Crippen LogP contribution in [0, 0.1) is 0 Å². The number of carboxylic acids is 1. The van der Waals surface area contributed by atoms with Crippen LogP contribution in [0.2, 0.25) is 0 Å². The molecule has 0 spiro atoms. The van der Waals surface area contributed by atoms with Crippen LogP contribution in [0.3, 0.4) is 0 Å². The molecule has 0 fully saturated rings. The molecule has 6 heteroatoms. The molecule has 1 amide bonds. The van der Waals surface area contributed by atoms with Crippen LogP contribution >= 0.6 is 0 Å². The quantitative estimate of drug-likeness (QED) is 0.427. The Balaban J connectivity index is 1.37. The van der Waals surface area contributed by atoms with Crippen molar-refractivity contribution in [3.63, 3.8) is 0 Å². The lowest BCUT2D eigenvalue weighted by Crippen LogP contribution is -2.42. The van der Waals surface area contributed by atoms with Crippen molar-refractivity contribution in [1.29, 1.82) is 0 Å². The van der Waals surface area contributed by atoms with Gasteiger partial charge in [-0.15, -0.1) is 0 Å². The summed E-state index contributed by atoms with van der Waals surface area (Å²) in [7, 11) is 0. The van der Waals surface area contributed by atoms with Crippen molar-refractivity contribution in [1.82, 2.24) is 5.32 Å². The third-order valence-electron chi connectivity index (χ3n) is 5.57. The van der Waals surface area contributed by atoms with Crippen molar-refractivity contribution >= 4 is 12.1 Å². The highest BCUT2D eigenvalue weighted by Crippen LogP contribution is 2.38. The van der Waals surface area contributed by atoms with Gasteiger partial charge in [0, 0.05) is 6.42 Å². The van der Waals surface area contributed by atoms with Crippen LogP contribution in [-0.4, -0.2) is 29.8 Å². The predicted octanol–water partition coefficient (Wildman–Crippen LogP) is 4.58. The van der Waals surface area contributed by atoms with E-state index in [4.69, 9.17) is 9.47 Å². The summed E-state index contributed by atoms with van der Waals surface area (Å²) in [4.78, 5) is 24.0. The van der Waals surface area contributed by atoms with Gasteiger partial charge in [0.05, 0.1) is 6.61 Å². The molecule has 4 rings (SSSR count). The molecule has 2 N–H and O–H groups in total. The summed E-state index contributed by atoms with van der Waals surface area (Å²) >= 11 is 0. The first-order chi connectivity index (χ1) is 15.5. The van der Waals surface area contributed by atoms with E-state index >= 15 is 0 Å². The fraction of sp³-hybridized carbons (Fsp3) is 0.231. The lowest BCUT2D eigenvalue weighted by Gasteiger charge is -2.16. The molecule has 0 bridgehead atoms. The Morgan fingerprint density at radius 1 is 1.00 bits per heavy atom. The zero-order valence-electron chi connectivity index (χ0n) is 17.8. The highest BCUT2D eigenvalue weighted by atomic mass is 16.5. The smallest absolute Gasteiger partial charge is 0.408 e. The number of aliphatic carboxylic acids is 1. The van der Waals surface area contributed by atoms with Gasteiger partial charge in [-0.3, -0.25) is 0 Å². The zero-order chi connectivity index (χ0) is 22.5. The Bertz CT molecular complexity index is 1120. The van der Waals surface area contributed by atoms with Crippen LogP contribution in [0.5, 0.6) is 5.75 Å². The molecule has 0 heterocycles. The lowest BCUT2D eigenvalue weighted by atomic mass is 10.0. The Morgan fingerprint density at radius 2 is 1.75 bits per heavy atom. The van der Waals surface area contributed by atoms with Gasteiger partial charge >= 0.3 is 12.1 Å². The molecule has 1 atom stereocenters. The standard InChI is InChI=1S/C26H25NO5/c1-2-31-20-12-10-17(11-13-20)14-24(25(28)29)27-26(30)32-16-19-7-5-9-22-21-8-4-3-6-18(21)15-23(19)22/h3-13,24H,2,14-16H2,1H3,(H,27,30)(H,28,29). The summed E-state index contributed by atoms with van der Waals surface area (Å²) in [6, 6.07) is 20.2. The number of alkyl carbamates (subject to hydrolysis) is 1. The summed E-state index contributed by atoms with van der Waals surface area (Å²) in [5.74, 6) is -0.403. The fourth-order valence-electron chi connectivity index (χ4n) is 4.01. The minimum atomic E-state index is -1.12. The van der Waals surface area contributed by atoms with Crippen LogP contribution < -0.4 is 10.1 Å². The third kappa shape index (κ3) is 4.75. The number of carbonyl (C=O) groups excluding carboxylic acids is 1. The second-order valence-corrected chi connectivity index (χ2v) is 7.67. The number of ether oxygens (including phenoxy) is 2. The van der Waals surface area contributed by atoms with Crippen LogP contribution in [0.4, 0.5) is 4.79 Å². The maximum Gasteiger partial charge on any atom is 0.408 e. The second-order valence-electron chi connectivity index (χ2n) is 7.67. The van der Waals surface area contributed by atoms with E-state index in [1.54, 1.807) is 24.3 Å². The minimum absolute atomic E-state index is 0.0817. The van der Waals surface area contributed by atoms with Crippen LogP contribution in [0.1, 0.15) is 29.2 Å². The fourth-order valence-corrected chi connectivity index (χ4v) is 4.01. The molecular weight excluding hydrogens is 406 g/mol.